The first kappa shape index (κ1) is 25.5. The topological polar surface area (TPSA) is 70.5 Å². The smallest absolute Gasteiger partial charge is 0.417 e. The number of allylic oxidation sites excluding steroid dienone is 2. The zero-order valence-corrected chi connectivity index (χ0v) is 21.0. The first-order valence-corrected chi connectivity index (χ1v) is 12.8. The number of hydrogen-bond donors (Lipinski definition) is 1. The summed E-state index contributed by atoms with van der Waals surface area (Å²) >= 11 is 0. The number of aliphatic carboxylic acids is 1. The van der Waals surface area contributed by atoms with Crippen molar-refractivity contribution in [2.45, 2.75) is 57.5 Å². The summed E-state index contributed by atoms with van der Waals surface area (Å²) in [5.41, 5.74) is 3.70. The van der Waals surface area contributed by atoms with Gasteiger partial charge in [-0.1, -0.05) is 19.1 Å². The maximum absolute atomic E-state index is 13.3. The lowest BCUT2D eigenvalue weighted by Crippen LogP contribution is -2.41. The van der Waals surface area contributed by atoms with E-state index >= 15 is 0 Å². The number of pyridine rings is 1. The van der Waals surface area contributed by atoms with E-state index in [2.05, 4.69) is 24.1 Å². The van der Waals surface area contributed by atoms with E-state index in [0.717, 1.165) is 43.9 Å². The van der Waals surface area contributed by atoms with Crippen molar-refractivity contribution in [1.82, 2.24) is 9.88 Å². The summed E-state index contributed by atoms with van der Waals surface area (Å²) in [6.07, 6.45) is 4.58. The first-order valence-electron chi connectivity index (χ1n) is 12.8. The van der Waals surface area contributed by atoms with Crippen molar-refractivity contribution in [2.24, 2.45) is 17.3 Å². The van der Waals surface area contributed by atoms with Gasteiger partial charge in [0.05, 0.1) is 12.0 Å². The molecule has 0 radical (unpaired) electrons. The second-order valence-electron chi connectivity index (χ2n) is 11.0. The van der Waals surface area contributed by atoms with E-state index in [1.54, 1.807) is 13.2 Å². The zero-order valence-electron chi connectivity index (χ0n) is 21.0. The van der Waals surface area contributed by atoms with Crippen molar-refractivity contribution in [3.05, 3.63) is 70.6 Å². The fourth-order valence-corrected chi connectivity index (χ4v) is 7.06. The summed E-state index contributed by atoms with van der Waals surface area (Å²) in [4.78, 5) is 29.0. The molecule has 0 bridgehead atoms. The SMILES string of the molecule is CN(CCC(=O)O)C(=O)c1ccc2c(c1)CCC1C2CC[C@]2(C)C(c3cncc(C(F)(F)F)c3)=CCC12. The number of amides is 1. The highest BCUT2D eigenvalue weighted by Crippen LogP contribution is 2.63. The molecule has 37 heavy (non-hydrogen) atoms. The van der Waals surface area contributed by atoms with Gasteiger partial charge in [-0.2, -0.15) is 13.2 Å². The molecule has 0 saturated heterocycles. The van der Waals surface area contributed by atoms with Gasteiger partial charge < -0.3 is 10.0 Å². The maximum atomic E-state index is 13.3. The van der Waals surface area contributed by atoms with E-state index in [9.17, 15) is 22.8 Å². The van der Waals surface area contributed by atoms with Gasteiger partial charge >= 0.3 is 12.1 Å². The van der Waals surface area contributed by atoms with Crippen LogP contribution in [0.4, 0.5) is 13.2 Å². The summed E-state index contributed by atoms with van der Waals surface area (Å²) in [5.74, 6) is 0.0325. The average Bonchev–Trinajstić information content (AvgIpc) is 3.23. The molecule has 3 unspecified atom stereocenters. The van der Waals surface area contributed by atoms with E-state index in [-0.39, 0.29) is 24.3 Å². The summed E-state index contributed by atoms with van der Waals surface area (Å²) in [6.45, 7) is 2.37. The number of halogens is 3. The Bertz CT molecular complexity index is 1270. The third kappa shape index (κ3) is 4.55. The Morgan fingerprint density at radius 3 is 2.70 bits per heavy atom. The second-order valence-corrected chi connectivity index (χ2v) is 11.0. The van der Waals surface area contributed by atoms with Crippen LogP contribution in [0.2, 0.25) is 0 Å². The number of carbonyl (C=O) groups is 2. The van der Waals surface area contributed by atoms with Gasteiger partial charge in [-0.25, -0.2) is 0 Å². The molecule has 1 N–H and O–H groups in total. The van der Waals surface area contributed by atoms with Crippen LogP contribution in [0.15, 0.2) is 42.7 Å². The highest BCUT2D eigenvalue weighted by atomic mass is 19.4. The third-order valence-electron chi connectivity index (χ3n) is 8.94. The lowest BCUT2D eigenvalue weighted by Gasteiger charge is -2.50. The van der Waals surface area contributed by atoms with Crippen LogP contribution in [0.3, 0.4) is 0 Å². The Balaban J connectivity index is 1.36. The fraction of sp³-hybridized carbons (Fsp3) is 0.483. The molecule has 1 heterocycles. The summed E-state index contributed by atoms with van der Waals surface area (Å²) in [6, 6.07) is 7.11. The van der Waals surface area contributed by atoms with Gasteiger partial charge in [0.1, 0.15) is 0 Å². The van der Waals surface area contributed by atoms with E-state index in [1.807, 2.05) is 12.1 Å². The molecule has 1 amide bonds. The second kappa shape index (κ2) is 9.30. The molecule has 2 aromatic rings. The molecule has 1 saturated carbocycles. The Hall–Kier alpha value is -3.16. The summed E-state index contributed by atoms with van der Waals surface area (Å²) in [5, 5.41) is 8.90. The van der Waals surface area contributed by atoms with Crippen LogP contribution in [-0.4, -0.2) is 40.5 Å². The first-order chi connectivity index (χ1) is 17.5. The molecule has 5 rings (SSSR count). The van der Waals surface area contributed by atoms with Crippen molar-refractivity contribution in [2.75, 3.05) is 13.6 Å². The van der Waals surface area contributed by atoms with E-state index in [1.165, 1.54) is 22.1 Å². The van der Waals surface area contributed by atoms with Crippen molar-refractivity contribution < 1.29 is 27.9 Å². The molecule has 0 aliphatic heterocycles. The number of carboxylic acids is 1. The zero-order chi connectivity index (χ0) is 26.5. The lowest BCUT2D eigenvalue weighted by molar-refractivity contribution is -0.138. The van der Waals surface area contributed by atoms with Crippen LogP contribution in [0.1, 0.15) is 77.6 Å². The number of rotatable bonds is 5. The molecule has 8 heteroatoms. The minimum atomic E-state index is -4.42. The minimum Gasteiger partial charge on any atom is -0.481 e. The number of hydrogen-bond acceptors (Lipinski definition) is 3. The van der Waals surface area contributed by atoms with Gasteiger partial charge in [0, 0.05) is 31.5 Å². The normalized spacial score (nSPS) is 26.5. The van der Waals surface area contributed by atoms with Gasteiger partial charge in [-0.15, -0.1) is 0 Å². The molecule has 3 aliphatic carbocycles. The number of carbonyl (C=O) groups excluding carboxylic acids is 1. The Labute approximate surface area is 214 Å². The van der Waals surface area contributed by atoms with Crippen LogP contribution in [-0.2, 0) is 17.4 Å². The monoisotopic (exact) mass is 512 g/mol. The standard InChI is InChI=1S/C29H31F3N2O3/c1-28-11-9-22-21-5-4-18(27(37)34(2)12-10-26(35)36)13-17(21)3-6-23(22)25(28)8-7-24(28)19-14-20(16-33-15-19)29(30,31)32/h4-5,7,13-16,22-23,25H,3,6,8-12H2,1-2H3,(H,35,36)/t22?,23?,25?,28-/m1/s1. The number of benzene rings is 1. The van der Waals surface area contributed by atoms with Crippen LogP contribution >= 0.6 is 0 Å². The van der Waals surface area contributed by atoms with Gasteiger partial charge in [0.15, 0.2) is 0 Å². The van der Waals surface area contributed by atoms with Gasteiger partial charge in [-0.3, -0.25) is 14.6 Å². The molecule has 5 nitrogen and oxygen atoms in total. The number of aryl methyl sites for hydroxylation is 1. The number of fused-ring (bicyclic) bond motifs is 5. The predicted octanol–water partition coefficient (Wildman–Crippen LogP) is 6.20. The average molecular weight is 513 g/mol. The van der Waals surface area contributed by atoms with Gasteiger partial charge in [0.25, 0.3) is 5.91 Å². The highest BCUT2D eigenvalue weighted by molar-refractivity contribution is 5.94. The van der Waals surface area contributed by atoms with Crippen molar-refractivity contribution in [1.29, 1.82) is 0 Å². The number of carboxylic acid groups (broad SMARTS) is 1. The molecule has 1 fully saturated rings. The van der Waals surface area contributed by atoms with E-state index in [4.69, 9.17) is 5.11 Å². The quantitative estimate of drug-likeness (QED) is 0.518. The van der Waals surface area contributed by atoms with Gasteiger partial charge in [-0.05, 0) is 95.7 Å². The minimum absolute atomic E-state index is 0.0936. The summed E-state index contributed by atoms with van der Waals surface area (Å²) in [7, 11) is 1.62. The van der Waals surface area contributed by atoms with E-state index < -0.39 is 17.7 Å². The molecule has 0 spiro atoms. The molecule has 196 valence electrons. The number of aromatic nitrogens is 1. The largest absolute Gasteiger partial charge is 0.481 e. The number of alkyl halides is 3. The molecular weight excluding hydrogens is 481 g/mol. The predicted molar refractivity (Wildman–Crippen MR) is 133 cm³/mol. The lowest BCUT2D eigenvalue weighted by atomic mass is 9.54. The van der Waals surface area contributed by atoms with Crippen molar-refractivity contribution in [3.8, 4) is 0 Å². The maximum Gasteiger partial charge on any atom is 0.417 e. The van der Waals surface area contributed by atoms with Crippen LogP contribution in [0.5, 0.6) is 0 Å². The molecule has 1 aromatic heterocycles. The number of nitrogens with zero attached hydrogens (tertiary/aromatic N) is 2. The Morgan fingerprint density at radius 1 is 1.19 bits per heavy atom. The van der Waals surface area contributed by atoms with Crippen molar-refractivity contribution in [3.63, 3.8) is 0 Å². The highest BCUT2D eigenvalue weighted by Gasteiger charge is 2.52. The van der Waals surface area contributed by atoms with Crippen LogP contribution < -0.4 is 0 Å². The third-order valence-corrected chi connectivity index (χ3v) is 8.94. The summed E-state index contributed by atoms with van der Waals surface area (Å²) < 4.78 is 40.0. The van der Waals surface area contributed by atoms with Crippen LogP contribution in [0.25, 0.3) is 5.57 Å². The molecular formula is C29H31F3N2O3. The molecule has 4 atom stereocenters. The Kier molecular flexibility index (Phi) is 6.40. The van der Waals surface area contributed by atoms with Crippen molar-refractivity contribution >= 4 is 17.4 Å². The van der Waals surface area contributed by atoms with Crippen LogP contribution in [0, 0.1) is 17.3 Å². The molecule has 1 aromatic carbocycles. The molecule has 3 aliphatic rings. The van der Waals surface area contributed by atoms with Gasteiger partial charge in [0.2, 0.25) is 0 Å². The fourth-order valence-electron chi connectivity index (χ4n) is 7.06. The van der Waals surface area contributed by atoms with E-state index in [0.29, 0.717) is 28.9 Å². The Morgan fingerprint density at radius 2 is 1.97 bits per heavy atom.